The number of carbonyl (C=O) groups is 1. The fourth-order valence-corrected chi connectivity index (χ4v) is 2.37. The molecule has 1 aromatic carbocycles. The minimum absolute atomic E-state index is 0.219. The monoisotopic (exact) mass is 327 g/mol. The van der Waals surface area contributed by atoms with Gasteiger partial charge >= 0.3 is 0 Å². The highest BCUT2D eigenvalue weighted by atomic mass is 35.5. The molecule has 0 saturated heterocycles. The lowest BCUT2D eigenvalue weighted by Gasteiger charge is -2.07. The topological polar surface area (TPSA) is 75.0 Å². The molecule has 20 heavy (non-hydrogen) atoms. The molecule has 0 unspecified atom stereocenters. The second kappa shape index (κ2) is 6.57. The van der Waals surface area contributed by atoms with Crippen molar-refractivity contribution in [3.05, 3.63) is 39.3 Å². The first-order valence-corrected chi connectivity index (χ1v) is 6.89. The molecule has 0 radical (unpaired) electrons. The van der Waals surface area contributed by atoms with Crippen LogP contribution in [-0.4, -0.2) is 17.5 Å². The zero-order valence-electron chi connectivity index (χ0n) is 9.89. The quantitative estimate of drug-likeness (QED) is 0.934. The first-order valence-electron chi connectivity index (χ1n) is 5.32. The number of anilines is 1. The predicted molar refractivity (Wildman–Crippen MR) is 77.4 cm³/mol. The van der Waals surface area contributed by atoms with Crippen molar-refractivity contribution in [1.29, 1.82) is 5.26 Å². The number of hydrogen-bond acceptors (Lipinski definition) is 5. The first kappa shape index (κ1) is 14.6. The maximum Gasteiger partial charge on any atom is 0.264 e. The number of rotatable bonds is 4. The van der Waals surface area contributed by atoms with Crippen LogP contribution in [0.1, 0.15) is 4.88 Å². The third-order valence-corrected chi connectivity index (χ3v) is 3.46. The normalized spacial score (nSPS) is 9.85. The Morgan fingerprint density at radius 3 is 2.95 bits per heavy atom. The average Bonchev–Trinajstić information content (AvgIpc) is 2.85. The zero-order chi connectivity index (χ0) is 14.5. The van der Waals surface area contributed by atoms with Crippen LogP contribution < -0.4 is 10.1 Å². The molecule has 5 nitrogen and oxygen atoms in total. The molecule has 0 aliphatic rings. The molecule has 0 bridgehead atoms. The lowest BCUT2D eigenvalue weighted by Crippen LogP contribution is -2.20. The van der Waals surface area contributed by atoms with Gasteiger partial charge in [0.1, 0.15) is 16.7 Å². The van der Waals surface area contributed by atoms with Gasteiger partial charge in [-0.3, -0.25) is 10.1 Å². The summed E-state index contributed by atoms with van der Waals surface area (Å²) in [5.74, 6) is -0.0297. The molecule has 1 amide bonds. The van der Waals surface area contributed by atoms with Crippen LogP contribution in [0.4, 0.5) is 5.13 Å². The molecule has 0 aliphatic heterocycles. The largest absolute Gasteiger partial charge is 0.482 e. The number of thiazole rings is 1. The van der Waals surface area contributed by atoms with Crippen molar-refractivity contribution in [1.82, 2.24) is 4.98 Å². The van der Waals surface area contributed by atoms with E-state index >= 15 is 0 Å². The highest BCUT2D eigenvalue weighted by Gasteiger charge is 2.09. The van der Waals surface area contributed by atoms with Crippen LogP contribution >= 0.6 is 34.5 Å². The smallest absolute Gasteiger partial charge is 0.264 e. The summed E-state index contributed by atoms with van der Waals surface area (Å²) in [6.45, 7) is -0.219. The number of ether oxygens (including phenoxy) is 1. The van der Waals surface area contributed by atoms with E-state index in [1.165, 1.54) is 12.3 Å². The van der Waals surface area contributed by atoms with Crippen molar-refractivity contribution in [3.8, 4) is 11.8 Å². The molecule has 0 fully saturated rings. The van der Waals surface area contributed by atoms with Gasteiger partial charge in [0.05, 0.1) is 11.2 Å². The van der Waals surface area contributed by atoms with E-state index in [0.717, 1.165) is 11.3 Å². The third kappa shape index (κ3) is 3.84. The van der Waals surface area contributed by atoms with E-state index in [1.807, 2.05) is 6.07 Å². The lowest BCUT2D eigenvalue weighted by atomic mass is 10.3. The second-order valence-corrected chi connectivity index (χ2v) is 5.43. The summed E-state index contributed by atoms with van der Waals surface area (Å²) in [6, 6.07) is 6.65. The van der Waals surface area contributed by atoms with E-state index in [-0.39, 0.29) is 6.61 Å². The SMILES string of the molecule is N#Cc1cnc(NC(=O)COc2ccc(Cl)cc2Cl)s1. The Kier molecular flexibility index (Phi) is 4.79. The third-order valence-electron chi connectivity index (χ3n) is 2.11. The Morgan fingerprint density at radius 1 is 1.50 bits per heavy atom. The van der Waals surface area contributed by atoms with Gasteiger partial charge in [-0.1, -0.05) is 34.5 Å². The van der Waals surface area contributed by atoms with Crippen molar-refractivity contribution < 1.29 is 9.53 Å². The van der Waals surface area contributed by atoms with Gasteiger partial charge in [-0.25, -0.2) is 4.98 Å². The number of nitriles is 1. The summed E-state index contributed by atoms with van der Waals surface area (Å²) in [6.07, 6.45) is 1.39. The number of hydrogen-bond donors (Lipinski definition) is 1. The summed E-state index contributed by atoms with van der Waals surface area (Å²) in [5, 5.41) is 12.3. The van der Waals surface area contributed by atoms with Crippen molar-refractivity contribution in [2.24, 2.45) is 0 Å². The van der Waals surface area contributed by atoms with E-state index in [4.69, 9.17) is 33.2 Å². The molecule has 0 atom stereocenters. The number of halogens is 2. The van der Waals surface area contributed by atoms with Crippen LogP contribution in [0.2, 0.25) is 10.0 Å². The highest BCUT2D eigenvalue weighted by molar-refractivity contribution is 7.16. The summed E-state index contributed by atoms with van der Waals surface area (Å²) in [7, 11) is 0. The molecule has 0 aliphatic carbocycles. The van der Waals surface area contributed by atoms with Gasteiger partial charge in [0.15, 0.2) is 11.7 Å². The van der Waals surface area contributed by atoms with Crippen LogP contribution in [-0.2, 0) is 4.79 Å². The zero-order valence-corrected chi connectivity index (χ0v) is 12.2. The van der Waals surface area contributed by atoms with Gasteiger partial charge in [0, 0.05) is 5.02 Å². The molecule has 2 aromatic rings. The van der Waals surface area contributed by atoms with Gasteiger partial charge in [0.2, 0.25) is 0 Å². The van der Waals surface area contributed by atoms with Gasteiger partial charge in [0.25, 0.3) is 5.91 Å². The number of carbonyl (C=O) groups excluding carboxylic acids is 1. The molecular formula is C12H7Cl2N3O2S. The molecule has 8 heteroatoms. The summed E-state index contributed by atoms with van der Waals surface area (Å²) >= 11 is 12.7. The number of nitrogens with zero attached hydrogens (tertiary/aromatic N) is 2. The van der Waals surface area contributed by atoms with E-state index in [9.17, 15) is 4.79 Å². The molecule has 102 valence electrons. The average molecular weight is 328 g/mol. The van der Waals surface area contributed by atoms with E-state index in [0.29, 0.717) is 25.8 Å². The van der Waals surface area contributed by atoms with E-state index in [2.05, 4.69) is 10.3 Å². The molecule has 0 spiro atoms. The Bertz CT molecular complexity index is 682. The van der Waals surface area contributed by atoms with Gasteiger partial charge in [-0.15, -0.1) is 0 Å². The molecule has 0 saturated carbocycles. The molecular weight excluding hydrogens is 321 g/mol. The molecule has 1 N–H and O–H groups in total. The Labute approximate surface area is 128 Å². The maximum absolute atomic E-state index is 11.6. The number of amides is 1. The fourth-order valence-electron chi connectivity index (χ4n) is 1.27. The Morgan fingerprint density at radius 2 is 2.30 bits per heavy atom. The van der Waals surface area contributed by atoms with E-state index < -0.39 is 5.91 Å². The van der Waals surface area contributed by atoms with E-state index in [1.54, 1.807) is 12.1 Å². The van der Waals surface area contributed by atoms with Crippen LogP contribution in [0.5, 0.6) is 5.75 Å². The van der Waals surface area contributed by atoms with Crippen LogP contribution in [0.15, 0.2) is 24.4 Å². The second-order valence-electron chi connectivity index (χ2n) is 3.55. The lowest BCUT2D eigenvalue weighted by molar-refractivity contribution is -0.118. The molecule has 1 heterocycles. The van der Waals surface area contributed by atoms with Gasteiger partial charge in [-0.05, 0) is 18.2 Å². The summed E-state index contributed by atoms with van der Waals surface area (Å²) < 4.78 is 5.27. The van der Waals surface area contributed by atoms with Crippen LogP contribution in [0.25, 0.3) is 0 Å². The number of aromatic nitrogens is 1. The van der Waals surface area contributed by atoms with Crippen LogP contribution in [0, 0.1) is 11.3 Å². The highest BCUT2D eigenvalue weighted by Crippen LogP contribution is 2.27. The fraction of sp³-hybridized carbons (Fsp3) is 0.0833. The van der Waals surface area contributed by atoms with Gasteiger partial charge in [-0.2, -0.15) is 5.26 Å². The van der Waals surface area contributed by atoms with Crippen molar-refractivity contribution >= 4 is 45.6 Å². The van der Waals surface area contributed by atoms with Gasteiger partial charge < -0.3 is 4.74 Å². The predicted octanol–water partition coefficient (Wildman–Crippen LogP) is 3.34. The number of nitrogens with one attached hydrogen (secondary N) is 1. The molecule has 2 rings (SSSR count). The van der Waals surface area contributed by atoms with Crippen molar-refractivity contribution in [2.75, 3.05) is 11.9 Å². The minimum Gasteiger partial charge on any atom is -0.482 e. The van der Waals surface area contributed by atoms with Crippen LogP contribution in [0.3, 0.4) is 0 Å². The number of benzene rings is 1. The Balaban J connectivity index is 1.90. The standard InChI is InChI=1S/C12H7Cl2N3O2S/c13-7-1-2-10(9(14)3-7)19-6-11(18)17-12-16-5-8(4-15)20-12/h1-3,5H,6H2,(H,16,17,18). The minimum atomic E-state index is -0.394. The maximum atomic E-state index is 11.6. The molecule has 1 aromatic heterocycles. The summed E-state index contributed by atoms with van der Waals surface area (Å²) in [5.41, 5.74) is 0. The van der Waals surface area contributed by atoms with Crippen molar-refractivity contribution in [2.45, 2.75) is 0 Å². The summed E-state index contributed by atoms with van der Waals surface area (Å²) in [4.78, 5) is 15.9. The first-order chi connectivity index (χ1) is 9.58. The Hall–Kier alpha value is -1.81. The van der Waals surface area contributed by atoms with Crippen molar-refractivity contribution in [3.63, 3.8) is 0 Å².